The minimum atomic E-state index is 0.0350. The van der Waals surface area contributed by atoms with Crippen LogP contribution in [0.2, 0.25) is 0 Å². The summed E-state index contributed by atoms with van der Waals surface area (Å²) in [5.41, 5.74) is 0.897. The number of benzene rings is 1. The number of pyridine rings is 1. The summed E-state index contributed by atoms with van der Waals surface area (Å²) in [5, 5.41) is 9.59. The van der Waals surface area contributed by atoms with Gasteiger partial charge in [-0.05, 0) is 24.3 Å². The number of nitrogens with zero attached hydrogens (tertiary/aromatic N) is 1. The smallest absolute Gasteiger partial charge is 0.213 e. The van der Waals surface area contributed by atoms with Crippen LogP contribution in [0.1, 0.15) is 0 Å². The van der Waals surface area contributed by atoms with Gasteiger partial charge in [-0.3, -0.25) is 0 Å². The minimum Gasteiger partial charge on any atom is -0.475 e. The summed E-state index contributed by atoms with van der Waals surface area (Å²) in [4.78, 5) is 4.42. The molecule has 0 aliphatic heterocycles. The van der Waals surface area contributed by atoms with Crippen LogP contribution in [-0.4, -0.2) is 49.7 Å². The molecule has 114 valence electrons. The van der Waals surface area contributed by atoms with Crippen LogP contribution in [0.3, 0.4) is 0 Å². The zero-order valence-electron chi connectivity index (χ0n) is 11.6. The van der Waals surface area contributed by atoms with Gasteiger partial charge in [-0.25, -0.2) is 4.98 Å². The second kappa shape index (κ2) is 8.94. The maximum absolute atomic E-state index is 8.53. The first kappa shape index (κ1) is 16.2. The lowest BCUT2D eigenvalue weighted by molar-refractivity contribution is 0.0243. The maximum atomic E-state index is 8.53. The van der Waals surface area contributed by atoms with Crippen molar-refractivity contribution in [3.63, 3.8) is 0 Å². The van der Waals surface area contributed by atoms with Crippen LogP contribution in [0.5, 0.6) is 5.88 Å². The van der Waals surface area contributed by atoms with Crippen molar-refractivity contribution >= 4 is 26.8 Å². The predicted molar refractivity (Wildman–Crippen MR) is 83.7 cm³/mol. The number of aliphatic hydroxyl groups excluding tert-OH is 1. The Labute approximate surface area is 132 Å². The average molecular weight is 356 g/mol. The molecular formula is C15H18BrNO4. The molecule has 1 N–H and O–H groups in total. The summed E-state index contributed by atoms with van der Waals surface area (Å²) in [5.74, 6) is 0.588. The van der Waals surface area contributed by atoms with E-state index in [0.717, 1.165) is 15.4 Å². The Morgan fingerprint density at radius 1 is 0.952 bits per heavy atom. The summed E-state index contributed by atoms with van der Waals surface area (Å²) in [6, 6.07) is 9.74. The number of ether oxygens (including phenoxy) is 3. The van der Waals surface area contributed by atoms with Crippen molar-refractivity contribution in [3.05, 3.63) is 34.8 Å². The molecule has 2 aromatic rings. The zero-order valence-corrected chi connectivity index (χ0v) is 13.2. The van der Waals surface area contributed by atoms with Gasteiger partial charge in [0.1, 0.15) is 6.61 Å². The van der Waals surface area contributed by atoms with Gasteiger partial charge in [-0.15, -0.1) is 0 Å². The highest BCUT2D eigenvalue weighted by molar-refractivity contribution is 9.10. The van der Waals surface area contributed by atoms with Crippen LogP contribution in [0, 0.1) is 0 Å². The van der Waals surface area contributed by atoms with Gasteiger partial charge in [0.2, 0.25) is 5.88 Å². The third kappa shape index (κ3) is 5.59. The highest BCUT2D eigenvalue weighted by atomic mass is 79.9. The number of halogens is 1. The Morgan fingerprint density at radius 2 is 1.71 bits per heavy atom. The monoisotopic (exact) mass is 355 g/mol. The molecule has 0 radical (unpaired) electrons. The molecule has 0 aliphatic carbocycles. The highest BCUT2D eigenvalue weighted by Gasteiger charge is 2.00. The zero-order chi connectivity index (χ0) is 14.9. The van der Waals surface area contributed by atoms with E-state index in [0.29, 0.717) is 38.9 Å². The normalized spacial score (nSPS) is 11.0. The molecule has 21 heavy (non-hydrogen) atoms. The molecule has 1 aromatic carbocycles. The lowest BCUT2D eigenvalue weighted by atomic mass is 10.2. The quantitative estimate of drug-likeness (QED) is 0.700. The average Bonchev–Trinajstić information content (AvgIpc) is 2.50. The number of hydrogen-bond acceptors (Lipinski definition) is 5. The summed E-state index contributed by atoms with van der Waals surface area (Å²) in [6.45, 7) is 2.26. The van der Waals surface area contributed by atoms with Gasteiger partial charge in [0.15, 0.2) is 0 Å². The Morgan fingerprint density at radius 3 is 2.52 bits per heavy atom. The topological polar surface area (TPSA) is 60.8 Å². The Kier molecular flexibility index (Phi) is 6.88. The van der Waals surface area contributed by atoms with Gasteiger partial charge in [0, 0.05) is 15.9 Å². The van der Waals surface area contributed by atoms with Crippen molar-refractivity contribution < 1.29 is 19.3 Å². The van der Waals surface area contributed by atoms with E-state index in [2.05, 4.69) is 20.9 Å². The molecule has 0 atom stereocenters. The van der Waals surface area contributed by atoms with Crippen LogP contribution in [0.4, 0.5) is 0 Å². The first-order chi connectivity index (χ1) is 10.3. The molecule has 0 spiro atoms. The molecule has 2 rings (SSSR count). The SMILES string of the molecule is OCCOCCOCCOc1ccc2cc(Br)ccc2n1. The fourth-order valence-electron chi connectivity index (χ4n) is 1.75. The lowest BCUT2D eigenvalue weighted by Gasteiger charge is -2.07. The maximum Gasteiger partial charge on any atom is 0.213 e. The number of aliphatic hydroxyl groups is 1. The third-order valence-electron chi connectivity index (χ3n) is 2.71. The molecule has 0 unspecified atom stereocenters. The summed E-state index contributed by atoms with van der Waals surface area (Å²) < 4.78 is 17.0. The molecule has 1 aromatic heterocycles. The first-order valence-electron chi connectivity index (χ1n) is 6.75. The summed E-state index contributed by atoms with van der Waals surface area (Å²) in [7, 11) is 0. The largest absolute Gasteiger partial charge is 0.475 e. The predicted octanol–water partition coefficient (Wildman–Crippen LogP) is 2.40. The fraction of sp³-hybridized carbons (Fsp3) is 0.400. The van der Waals surface area contributed by atoms with E-state index in [9.17, 15) is 0 Å². The van der Waals surface area contributed by atoms with Crippen molar-refractivity contribution in [2.45, 2.75) is 0 Å². The second-order valence-corrected chi connectivity index (χ2v) is 5.20. The van der Waals surface area contributed by atoms with Crippen LogP contribution >= 0.6 is 15.9 Å². The van der Waals surface area contributed by atoms with Gasteiger partial charge in [0.05, 0.1) is 38.6 Å². The molecule has 6 heteroatoms. The molecule has 0 saturated heterocycles. The molecule has 0 bridgehead atoms. The van der Waals surface area contributed by atoms with Gasteiger partial charge < -0.3 is 19.3 Å². The number of fused-ring (bicyclic) bond motifs is 1. The van der Waals surface area contributed by atoms with Crippen LogP contribution in [-0.2, 0) is 9.47 Å². The fourth-order valence-corrected chi connectivity index (χ4v) is 2.13. The standard InChI is InChI=1S/C15H18BrNO4/c16-13-2-3-14-12(11-13)1-4-15(17-14)21-10-9-20-8-7-19-6-5-18/h1-4,11,18H,5-10H2. The third-order valence-corrected chi connectivity index (χ3v) is 3.20. The Hall–Kier alpha value is -1.21. The van der Waals surface area contributed by atoms with Crippen molar-refractivity contribution in [1.82, 2.24) is 4.98 Å². The van der Waals surface area contributed by atoms with Crippen molar-refractivity contribution in [2.24, 2.45) is 0 Å². The molecule has 0 amide bonds. The van der Waals surface area contributed by atoms with Crippen LogP contribution < -0.4 is 4.74 Å². The van der Waals surface area contributed by atoms with Crippen molar-refractivity contribution in [3.8, 4) is 5.88 Å². The van der Waals surface area contributed by atoms with Gasteiger partial charge in [-0.1, -0.05) is 15.9 Å². The number of hydrogen-bond donors (Lipinski definition) is 1. The molecule has 0 fully saturated rings. The number of rotatable bonds is 9. The van der Waals surface area contributed by atoms with E-state index in [4.69, 9.17) is 19.3 Å². The Balaban J connectivity index is 1.70. The summed E-state index contributed by atoms with van der Waals surface area (Å²) in [6.07, 6.45) is 0. The van der Waals surface area contributed by atoms with E-state index in [1.54, 1.807) is 0 Å². The molecular weight excluding hydrogens is 338 g/mol. The minimum absolute atomic E-state index is 0.0350. The second-order valence-electron chi connectivity index (χ2n) is 4.28. The van der Waals surface area contributed by atoms with E-state index in [1.807, 2.05) is 30.3 Å². The van der Waals surface area contributed by atoms with Crippen molar-refractivity contribution in [2.75, 3.05) is 39.6 Å². The first-order valence-corrected chi connectivity index (χ1v) is 7.54. The van der Waals surface area contributed by atoms with Crippen LogP contribution in [0.25, 0.3) is 10.9 Å². The molecule has 0 aliphatic rings. The van der Waals surface area contributed by atoms with Gasteiger partial charge in [0.25, 0.3) is 0 Å². The van der Waals surface area contributed by atoms with Gasteiger partial charge >= 0.3 is 0 Å². The van der Waals surface area contributed by atoms with Crippen molar-refractivity contribution in [1.29, 1.82) is 0 Å². The van der Waals surface area contributed by atoms with Crippen LogP contribution in [0.15, 0.2) is 34.8 Å². The molecule has 5 nitrogen and oxygen atoms in total. The molecule has 0 saturated carbocycles. The Bertz CT molecular complexity index is 564. The van der Waals surface area contributed by atoms with E-state index < -0.39 is 0 Å². The highest BCUT2D eigenvalue weighted by Crippen LogP contribution is 2.20. The van der Waals surface area contributed by atoms with E-state index >= 15 is 0 Å². The number of aromatic nitrogens is 1. The summed E-state index contributed by atoms with van der Waals surface area (Å²) >= 11 is 3.43. The lowest BCUT2D eigenvalue weighted by Crippen LogP contribution is -2.12. The van der Waals surface area contributed by atoms with E-state index in [1.165, 1.54) is 0 Å². The van der Waals surface area contributed by atoms with Gasteiger partial charge in [-0.2, -0.15) is 0 Å². The van der Waals surface area contributed by atoms with E-state index in [-0.39, 0.29) is 6.61 Å². The molecule has 1 heterocycles.